The summed E-state index contributed by atoms with van der Waals surface area (Å²) in [6, 6.07) is 13.1. The van der Waals surface area contributed by atoms with Crippen molar-refractivity contribution in [2.24, 2.45) is 0 Å². The minimum atomic E-state index is -4.72. The Morgan fingerprint density at radius 2 is 1.87 bits per heavy atom. The Bertz CT molecular complexity index is 1160. The van der Waals surface area contributed by atoms with Gasteiger partial charge < -0.3 is 14.6 Å². The number of halogens is 3. The van der Waals surface area contributed by atoms with Crippen molar-refractivity contribution < 1.29 is 22.4 Å². The molecule has 0 radical (unpaired) electrons. The summed E-state index contributed by atoms with van der Waals surface area (Å²) in [6.07, 6.45) is -4.72. The molecule has 0 saturated carbocycles. The van der Waals surface area contributed by atoms with E-state index in [1.54, 1.807) is 0 Å². The molecule has 4 rings (SSSR count). The molecule has 2 aromatic heterocycles. The minimum Gasteiger partial charge on any atom is -0.406 e. The normalized spacial score (nSPS) is 11.5. The number of nitrogens with zero attached hydrogens (tertiary/aromatic N) is 4. The van der Waals surface area contributed by atoms with E-state index in [2.05, 4.69) is 30.4 Å². The summed E-state index contributed by atoms with van der Waals surface area (Å²) in [4.78, 5) is 4.41. The van der Waals surface area contributed by atoms with Crippen LogP contribution in [0.2, 0.25) is 0 Å². The fourth-order valence-corrected chi connectivity index (χ4v) is 4.16. The van der Waals surface area contributed by atoms with Crippen molar-refractivity contribution in [3.05, 3.63) is 60.0 Å². The average molecular weight is 465 g/mol. The van der Waals surface area contributed by atoms with Gasteiger partial charge in [-0.15, -0.1) is 23.4 Å². The molecular weight excluding hydrogens is 451 g/mol. The Balaban J connectivity index is 1.33. The number of nitrogens with one attached hydrogen (secondary N) is 1. The van der Waals surface area contributed by atoms with Crippen LogP contribution in [0, 0.1) is 6.92 Å². The molecule has 0 aliphatic rings. The standard InChI is InChI=1S/C19H14F3N5O2S2/c1-11-4-2-3-5-14(11)16-24-15(29-27-16)10-30-18-26-25-17(31-18)23-12-6-8-13(9-7-12)28-19(20,21)22/h2-9H,10H2,1H3,(H,23,25). The molecule has 160 valence electrons. The van der Waals surface area contributed by atoms with Gasteiger partial charge in [-0.05, 0) is 36.8 Å². The van der Waals surface area contributed by atoms with Gasteiger partial charge in [0, 0.05) is 11.3 Å². The van der Waals surface area contributed by atoms with Crippen LogP contribution in [0.5, 0.6) is 5.75 Å². The molecular formula is C19H14F3N5O2S2. The highest BCUT2D eigenvalue weighted by atomic mass is 32.2. The van der Waals surface area contributed by atoms with Crippen molar-refractivity contribution in [3.63, 3.8) is 0 Å². The summed E-state index contributed by atoms with van der Waals surface area (Å²) >= 11 is 2.69. The third-order valence-electron chi connectivity index (χ3n) is 3.92. The maximum atomic E-state index is 12.2. The zero-order chi connectivity index (χ0) is 21.8. The number of anilines is 2. The third kappa shape index (κ3) is 5.73. The van der Waals surface area contributed by atoms with Gasteiger partial charge in [0.1, 0.15) is 5.75 Å². The van der Waals surface area contributed by atoms with E-state index in [4.69, 9.17) is 4.52 Å². The van der Waals surface area contributed by atoms with Crippen molar-refractivity contribution in [1.29, 1.82) is 0 Å². The third-order valence-corrected chi connectivity index (χ3v) is 5.88. The number of rotatable bonds is 7. The summed E-state index contributed by atoms with van der Waals surface area (Å²) in [6.45, 7) is 1.98. The lowest BCUT2D eigenvalue weighted by Crippen LogP contribution is -2.16. The summed E-state index contributed by atoms with van der Waals surface area (Å²) < 4.78 is 46.5. The lowest BCUT2D eigenvalue weighted by atomic mass is 10.1. The van der Waals surface area contributed by atoms with Gasteiger partial charge in [0.15, 0.2) is 4.34 Å². The predicted octanol–water partition coefficient (Wildman–Crippen LogP) is 5.83. The average Bonchev–Trinajstić information content (AvgIpc) is 3.37. The van der Waals surface area contributed by atoms with E-state index < -0.39 is 6.36 Å². The number of hydrogen-bond acceptors (Lipinski definition) is 9. The SMILES string of the molecule is Cc1ccccc1-c1noc(CSc2nnc(Nc3ccc(OC(F)(F)F)cc3)s2)n1. The van der Waals surface area contributed by atoms with Crippen LogP contribution in [0.15, 0.2) is 57.4 Å². The molecule has 7 nitrogen and oxygen atoms in total. The van der Waals surface area contributed by atoms with Crippen molar-refractivity contribution in [2.75, 3.05) is 5.32 Å². The van der Waals surface area contributed by atoms with Crippen molar-refractivity contribution in [2.45, 2.75) is 23.4 Å². The zero-order valence-corrected chi connectivity index (χ0v) is 17.5. The molecule has 12 heteroatoms. The number of hydrogen-bond donors (Lipinski definition) is 1. The van der Waals surface area contributed by atoms with Gasteiger partial charge in [-0.3, -0.25) is 0 Å². The first-order valence-electron chi connectivity index (χ1n) is 8.83. The van der Waals surface area contributed by atoms with Crippen LogP contribution < -0.4 is 10.1 Å². The zero-order valence-electron chi connectivity index (χ0n) is 15.9. The second kappa shape index (κ2) is 8.94. The van der Waals surface area contributed by atoms with Crippen LogP contribution in [0.3, 0.4) is 0 Å². The topological polar surface area (TPSA) is 86.0 Å². The van der Waals surface area contributed by atoms with Gasteiger partial charge in [0.2, 0.25) is 16.8 Å². The fraction of sp³-hybridized carbons (Fsp3) is 0.158. The summed E-state index contributed by atoms with van der Waals surface area (Å²) in [5.41, 5.74) is 2.53. The van der Waals surface area contributed by atoms with Gasteiger partial charge in [0.05, 0.1) is 5.75 Å². The Hall–Kier alpha value is -3.12. The maximum absolute atomic E-state index is 12.2. The first-order valence-corrected chi connectivity index (χ1v) is 10.6. The summed E-state index contributed by atoms with van der Waals surface area (Å²) in [5, 5.41) is 15.6. The summed E-state index contributed by atoms with van der Waals surface area (Å²) in [7, 11) is 0. The molecule has 4 aromatic rings. The molecule has 0 fully saturated rings. The van der Waals surface area contributed by atoms with Crippen LogP contribution in [0.4, 0.5) is 24.0 Å². The van der Waals surface area contributed by atoms with Crippen molar-refractivity contribution in [1.82, 2.24) is 20.3 Å². The number of benzene rings is 2. The largest absolute Gasteiger partial charge is 0.573 e. The number of alkyl halides is 3. The molecule has 2 heterocycles. The van der Waals surface area contributed by atoms with Crippen molar-refractivity contribution in [3.8, 4) is 17.1 Å². The molecule has 0 aliphatic heterocycles. The molecule has 0 bridgehead atoms. The lowest BCUT2D eigenvalue weighted by Gasteiger charge is -2.09. The summed E-state index contributed by atoms with van der Waals surface area (Å²) in [5.74, 6) is 1.13. The maximum Gasteiger partial charge on any atom is 0.573 e. The number of thioether (sulfide) groups is 1. The highest BCUT2D eigenvalue weighted by molar-refractivity contribution is 8.00. The minimum absolute atomic E-state index is 0.295. The van der Waals surface area contributed by atoms with Crippen LogP contribution in [-0.4, -0.2) is 26.7 Å². The first kappa shape index (κ1) is 21.1. The van der Waals surface area contributed by atoms with Crippen LogP contribution in [-0.2, 0) is 5.75 Å². The van der Waals surface area contributed by atoms with Gasteiger partial charge in [-0.25, -0.2) is 0 Å². The van der Waals surface area contributed by atoms with Gasteiger partial charge in [-0.2, -0.15) is 4.98 Å². The number of aryl methyl sites for hydroxylation is 1. The Kier molecular flexibility index (Phi) is 6.09. The molecule has 0 spiro atoms. The fourth-order valence-electron chi connectivity index (χ4n) is 2.55. The quantitative estimate of drug-likeness (QED) is 0.341. The van der Waals surface area contributed by atoms with Gasteiger partial charge in [-0.1, -0.05) is 52.5 Å². The van der Waals surface area contributed by atoms with Crippen molar-refractivity contribution >= 4 is 33.9 Å². The van der Waals surface area contributed by atoms with E-state index in [0.29, 0.717) is 32.6 Å². The Labute approximate surface area is 182 Å². The smallest absolute Gasteiger partial charge is 0.406 e. The van der Waals surface area contributed by atoms with Crippen LogP contribution in [0.25, 0.3) is 11.4 Å². The second-order valence-corrected chi connectivity index (χ2v) is 8.39. The molecule has 0 saturated heterocycles. The van der Waals surface area contributed by atoms with E-state index in [1.807, 2.05) is 31.2 Å². The highest BCUT2D eigenvalue weighted by Crippen LogP contribution is 2.31. The predicted molar refractivity (Wildman–Crippen MR) is 110 cm³/mol. The highest BCUT2D eigenvalue weighted by Gasteiger charge is 2.30. The number of aromatic nitrogens is 4. The Morgan fingerprint density at radius 1 is 1.10 bits per heavy atom. The molecule has 0 aliphatic carbocycles. The van der Waals surface area contributed by atoms with E-state index in [1.165, 1.54) is 47.4 Å². The van der Waals surface area contributed by atoms with E-state index in [-0.39, 0.29) is 5.75 Å². The monoisotopic (exact) mass is 465 g/mol. The molecule has 0 atom stereocenters. The molecule has 0 amide bonds. The molecule has 1 N–H and O–H groups in total. The van der Waals surface area contributed by atoms with Crippen LogP contribution in [0.1, 0.15) is 11.5 Å². The Morgan fingerprint density at radius 3 is 2.61 bits per heavy atom. The molecule has 0 unspecified atom stereocenters. The van der Waals surface area contributed by atoms with E-state index in [0.717, 1.165) is 11.1 Å². The lowest BCUT2D eigenvalue weighted by molar-refractivity contribution is -0.274. The van der Waals surface area contributed by atoms with E-state index in [9.17, 15) is 13.2 Å². The van der Waals surface area contributed by atoms with E-state index >= 15 is 0 Å². The van der Waals surface area contributed by atoms with Gasteiger partial charge in [0.25, 0.3) is 0 Å². The second-order valence-electron chi connectivity index (χ2n) is 6.19. The number of ether oxygens (including phenoxy) is 1. The van der Waals surface area contributed by atoms with Gasteiger partial charge >= 0.3 is 6.36 Å². The van der Waals surface area contributed by atoms with Crippen LogP contribution >= 0.6 is 23.1 Å². The first-order chi connectivity index (χ1) is 14.9. The molecule has 2 aromatic carbocycles. The molecule has 31 heavy (non-hydrogen) atoms.